The van der Waals surface area contributed by atoms with E-state index >= 15 is 0 Å². The van der Waals surface area contributed by atoms with E-state index in [-0.39, 0.29) is 35.9 Å². The first-order valence-corrected chi connectivity index (χ1v) is 26.0. The molecule has 14 nitrogen and oxygen atoms in total. The zero-order chi connectivity index (χ0) is 48.4. The zero-order valence-electron chi connectivity index (χ0n) is 42.5. The van der Waals surface area contributed by atoms with Crippen LogP contribution in [0.15, 0.2) is 48.8 Å². The normalized spacial score (nSPS) is 17.5. The van der Waals surface area contributed by atoms with E-state index < -0.39 is 19.5 Å². The summed E-state index contributed by atoms with van der Waals surface area (Å²) in [6.07, 6.45) is 3.22. The van der Waals surface area contributed by atoms with Gasteiger partial charge in [-0.3, -0.25) is 9.80 Å². The molecule has 0 bridgehead atoms. The third-order valence-corrected chi connectivity index (χ3v) is 17.2. The summed E-state index contributed by atoms with van der Waals surface area (Å²) in [5.41, 5.74) is 7.94. The monoisotopic (exact) mass is 915 g/mol. The zero-order valence-corrected chi connectivity index (χ0v) is 43.5. The van der Waals surface area contributed by atoms with Crippen LogP contribution in [0.5, 0.6) is 0 Å². The number of aliphatic hydroxyl groups excluding tert-OH is 1. The molecule has 0 unspecified atom stereocenters. The standard InChI is InChI=1S/C28H46N4O3Si.C22H32N4O3/c1-20-16-25(32-21(2)12-13-22(32)3)29-17-24(20)30-14-15-31(26(33)35-27(4,5)6)23(18-30)19-34-36(10,11)28(7,8)9;1-15-11-20(26-16(2)7-8-17(26)3)23-12-19(15)24-9-10-25(18(13-24)14-27)21(28)29-22(4,5)6/h12-13,16-17,23H,14-15,18-19H2,1-11H3;7-8,11-12,18,27H,9-10,13-14H2,1-6H3/t23-;18-/m11/s1. The number of hydrogen-bond donors (Lipinski definition) is 1. The molecule has 15 heteroatoms. The number of carbonyl (C=O) groups excluding carboxylic acids is 2. The Balaban J connectivity index is 0.000000250. The summed E-state index contributed by atoms with van der Waals surface area (Å²) in [6, 6.07) is 12.2. The van der Waals surface area contributed by atoms with Crippen molar-refractivity contribution in [2.24, 2.45) is 0 Å². The van der Waals surface area contributed by atoms with Gasteiger partial charge in [0.05, 0.1) is 49.1 Å². The number of amides is 2. The van der Waals surface area contributed by atoms with E-state index in [9.17, 15) is 14.7 Å². The predicted octanol–water partition coefficient (Wildman–Crippen LogP) is 9.46. The Morgan fingerprint density at radius 2 is 1.00 bits per heavy atom. The second-order valence-corrected chi connectivity index (χ2v) is 26.2. The highest BCUT2D eigenvalue weighted by Crippen LogP contribution is 2.37. The molecule has 2 aliphatic heterocycles. The maximum atomic E-state index is 13.1. The topological polar surface area (TPSA) is 131 Å². The lowest BCUT2D eigenvalue weighted by molar-refractivity contribution is 0.00651. The molecule has 0 saturated carbocycles. The van der Waals surface area contributed by atoms with Crippen LogP contribution in [-0.2, 0) is 13.9 Å². The fourth-order valence-electron chi connectivity index (χ4n) is 8.12. The maximum absolute atomic E-state index is 13.1. The lowest BCUT2D eigenvalue weighted by atomic mass is 10.1. The molecule has 2 atom stereocenters. The number of aliphatic hydroxyl groups is 1. The van der Waals surface area contributed by atoms with Crippen molar-refractivity contribution in [3.8, 4) is 11.6 Å². The van der Waals surface area contributed by atoms with Crippen LogP contribution in [0.1, 0.15) is 96.2 Å². The second kappa shape index (κ2) is 19.9. The number of piperazine rings is 2. The Bertz CT molecular complexity index is 2240. The van der Waals surface area contributed by atoms with Gasteiger partial charge in [-0.05, 0) is 149 Å². The van der Waals surface area contributed by atoms with E-state index in [4.69, 9.17) is 18.9 Å². The van der Waals surface area contributed by atoms with Gasteiger partial charge in [0.2, 0.25) is 0 Å². The Morgan fingerprint density at radius 1 is 0.631 bits per heavy atom. The average molecular weight is 915 g/mol. The number of pyridine rings is 2. The minimum Gasteiger partial charge on any atom is -0.444 e. The predicted molar refractivity (Wildman–Crippen MR) is 264 cm³/mol. The van der Waals surface area contributed by atoms with Gasteiger partial charge >= 0.3 is 12.2 Å². The first-order valence-electron chi connectivity index (χ1n) is 23.1. The smallest absolute Gasteiger partial charge is 0.410 e. The van der Waals surface area contributed by atoms with E-state index in [0.717, 1.165) is 46.5 Å². The minimum atomic E-state index is -1.97. The van der Waals surface area contributed by atoms with Gasteiger partial charge in [0.25, 0.3) is 0 Å². The molecule has 2 aliphatic rings. The fraction of sp³-hybridized carbons (Fsp3) is 0.600. The van der Waals surface area contributed by atoms with E-state index in [1.807, 2.05) is 58.8 Å². The van der Waals surface area contributed by atoms with Gasteiger partial charge in [-0.25, -0.2) is 19.6 Å². The summed E-state index contributed by atoms with van der Waals surface area (Å²) in [7, 11) is -1.97. The van der Waals surface area contributed by atoms with E-state index in [2.05, 4.69) is 136 Å². The molecular formula is C50H78N8O6Si. The number of aryl methyl sites for hydroxylation is 6. The van der Waals surface area contributed by atoms with Gasteiger partial charge in [0, 0.05) is 62.0 Å². The molecule has 2 saturated heterocycles. The van der Waals surface area contributed by atoms with Gasteiger partial charge in [-0.1, -0.05) is 20.8 Å². The third-order valence-electron chi connectivity index (χ3n) is 12.7. The molecule has 0 aliphatic carbocycles. The van der Waals surface area contributed by atoms with Crippen LogP contribution in [-0.4, -0.2) is 130 Å². The molecule has 0 radical (unpaired) electrons. The van der Waals surface area contributed by atoms with E-state index in [1.165, 1.54) is 17.0 Å². The molecule has 6 heterocycles. The van der Waals surface area contributed by atoms with Crippen molar-refractivity contribution in [2.45, 2.75) is 145 Å². The number of ether oxygens (including phenoxy) is 2. The maximum Gasteiger partial charge on any atom is 0.410 e. The van der Waals surface area contributed by atoms with Crippen LogP contribution in [0.2, 0.25) is 18.1 Å². The molecule has 4 aromatic rings. The summed E-state index contributed by atoms with van der Waals surface area (Å²) in [5, 5.41) is 9.98. The lowest BCUT2D eigenvalue weighted by Crippen LogP contribution is -2.59. The Labute approximate surface area is 390 Å². The van der Waals surface area contributed by atoms with Crippen LogP contribution in [0.3, 0.4) is 0 Å². The van der Waals surface area contributed by atoms with Crippen molar-refractivity contribution >= 4 is 31.9 Å². The van der Waals surface area contributed by atoms with E-state index in [0.29, 0.717) is 39.3 Å². The van der Waals surface area contributed by atoms with Crippen LogP contribution in [0.25, 0.3) is 11.6 Å². The first kappa shape index (κ1) is 51.1. The Morgan fingerprint density at radius 3 is 1.34 bits per heavy atom. The summed E-state index contributed by atoms with van der Waals surface area (Å²) < 4.78 is 22.2. The van der Waals surface area contributed by atoms with Crippen LogP contribution >= 0.6 is 0 Å². The summed E-state index contributed by atoms with van der Waals surface area (Å²) in [5.74, 6) is 1.83. The summed E-state index contributed by atoms with van der Waals surface area (Å²) in [6.45, 7) is 39.1. The van der Waals surface area contributed by atoms with E-state index in [1.54, 1.807) is 4.90 Å². The number of hydrogen-bond acceptors (Lipinski definition) is 10. The molecule has 65 heavy (non-hydrogen) atoms. The third kappa shape index (κ3) is 12.5. The Hall–Kier alpha value is -4.86. The van der Waals surface area contributed by atoms with Crippen molar-refractivity contribution in [3.63, 3.8) is 0 Å². The highest BCUT2D eigenvalue weighted by atomic mass is 28.4. The number of rotatable bonds is 8. The molecule has 6 rings (SSSR count). The minimum absolute atomic E-state index is 0.100. The molecule has 2 fully saturated rings. The molecule has 0 spiro atoms. The van der Waals surface area contributed by atoms with Gasteiger partial charge in [-0.2, -0.15) is 0 Å². The molecule has 4 aromatic heterocycles. The van der Waals surface area contributed by atoms with Crippen LogP contribution < -0.4 is 9.80 Å². The highest BCUT2D eigenvalue weighted by Gasteiger charge is 2.41. The molecule has 0 aromatic carbocycles. The molecular weight excluding hydrogens is 837 g/mol. The van der Waals surface area contributed by atoms with Gasteiger partial charge in [0.1, 0.15) is 22.8 Å². The van der Waals surface area contributed by atoms with Gasteiger partial charge < -0.3 is 37.9 Å². The van der Waals surface area contributed by atoms with Crippen LogP contribution in [0, 0.1) is 41.5 Å². The van der Waals surface area contributed by atoms with Gasteiger partial charge in [-0.15, -0.1) is 0 Å². The van der Waals surface area contributed by atoms with Crippen molar-refractivity contribution in [1.29, 1.82) is 0 Å². The van der Waals surface area contributed by atoms with Gasteiger partial charge in [0.15, 0.2) is 8.32 Å². The van der Waals surface area contributed by atoms with Crippen molar-refractivity contribution < 1.29 is 28.6 Å². The quantitative estimate of drug-likeness (QED) is 0.171. The largest absolute Gasteiger partial charge is 0.444 e. The number of aromatic nitrogens is 4. The second-order valence-electron chi connectivity index (χ2n) is 21.4. The Kier molecular flexibility index (Phi) is 15.7. The SMILES string of the molecule is Cc1cc(-n2c(C)ccc2C)ncc1N1CCN(C(=O)OC(C)(C)C)[C@@H](CO)C1.Cc1cc(-n2c(C)ccc2C)ncc1N1CCN(C(=O)OC(C)(C)C)[C@@H](CO[Si](C)(C)C(C)(C)C)C1. The average Bonchev–Trinajstić information content (AvgIpc) is 3.72. The van der Waals surface area contributed by atoms with Crippen molar-refractivity contribution in [2.75, 3.05) is 62.3 Å². The molecule has 358 valence electrons. The highest BCUT2D eigenvalue weighted by molar-refractivity contribution is 6.74. The molecule has 1 N–H and O–H groups in total. The summed E-state index contributed by atoms with van der Waals surface area (Å²) in [4.78, 5) is 43.1. The fourth-order valence-corrected chi connectivity index (χ4v) is 9.17. The van der Waals surface area contributed by atoms with Crippen molar-refractivity contribution in [3.05, 3.63) is 82.7 Å². The summed E-state index contributed by atoms with van der Waals surface area (Å²) >= 11 is 0. The lowest BCUT2D eigenvalue weighted by Gasteiger charge is -2.44. The number of nitrogens with zero attached hydrogens (tertiary/aromatic N) is 8. The van der Waals surface area contributed by atoms with Crippen molar-refractivity contribution in [1.82, 2.24) is 28.9 Å². The first-order chi connectivity index (χ1) is 30.1. The van der Waals surface area contributed by atoms with Crippen LogP contribution in [0.4, 0.5) is 21.0 Å². The number of carbonyl (C=O) groups is 2. The molecule has 2 amide bonds. The number of anilines is 2.